The van der Waals surface area contributed by atoms with E-state index in [9.17, 15) is 4.79 Å². The lowest BCUT2D eigenvalue weighted by molar-refractivity contribution is -0.118. The van der Waals surface area contributed by atoms with Crippen molar-refractivity contribution in [3.63, 3.8) is 0 Å². The van der Waals surface area contributed by atoms with Crippen molar-refractivity contribution in [2.75, 3.05) is 12.4 Å². The molecule has 1 unspecified atom stereocenters. The molecule has 8 heteroatoms. The number of aromatic nitrogens is 4. The summed E-state index contributed by atoms with van der Waals surface area (Å²) in [6.45, 7) is 0.468. The number of aromatic amines is 1. The molecule has 1 amide bonds. The largest absolute Gasteiger partial charge is 0.480 e. The van der Waals surface area contributed by atoms with Crippen molar-refractivity contribution in [3.05, 3.63) is 90.6 Å². The summed E-state index contributed by atoms with van der Waals surface area (Å²) in [6.07, 6.45) is 7.40. The molecule has 0 aliphatic heterocycles. The first-order chi connectivity index (χ1) is 15.7. The highest BCUT2D eigenvalue weighted by Gasteiger charge is 2.21. The van der Waals surface area contributed by atoms with Gasteiger partial charge in [0.15, 0.2) is 0 Å². The summed E-state index contributed by atoms with van der Waals surface area (Å²) in [4.78, 5) is 22.0. The molecular weight excluding hydrogens is 404 g/mol. The maximum atomic E-state index is 13.3. The molecule has 4 rings (SSSR count). The van der Waals surface area contributed by atoms with E-state index >= 15 is 0 Å². The fraction of sp³-hybridized carbons (Fsp3) is 0.167. The number of pyridine rings is 2. The molecule has 0 radical (unpaired) electrons. The highest BCUT2D eigenvalue weighted by Crippen LogP contribution is 2.28. The Morgan fingerprint density at radius 2 is 1.91 bits per heavy atom. The van der Waals surface area contributed by atoms with Gasteiger partial charge in [0.05, 0.1) is 25.0 Å². The van der Waals surface area contributed by atoms with Crippen molar-refractivity contribution < 1.29 is 9.53 Å². The highest BCUT2D eigenvalue weighted by molar-refractivity contribution is 5.96. The van der Waals surface area contributed by atoms with Crippen molar-refractivity contribution >= 4 is 11.6 Å². The van der Waals surface area contributed by atoms with Gasteiger partial charge in [-0.2, -0.15) is 5.10 Å². The van der Waals surface area contributed by atoms with Crippen LogP contribution in [0, 0.1) is 0 Å². The number of carbonyl (C=O) groups excluding carboxylic acids is 1. The number of nitrogens with zero attached hydrogens (tertiary/aromatic N) is 3. The molecule has 8 nitrogen and oxygen atoms in total. The van der Waals surface area contributed by atoms with Crippen molar-refractivity contribution in [2.24, 2.45) is 0 Å². The number of benzene rings is 1. The molecule has 4 aromatic rings. The number of carbonyl (C=O) groups is 1. The van der Waals surface area contributed by atoms with Crippen LogP contribution in [-0.2, 0) is 17.8 Å². The first kappa shape index (κ1) is 21.2. The van der Waals surface area contributed by atoms with Crippen LogP contribution in [0.1, 0.15) is 11.3 Å². The number of anilines is 1. The second kappa shape index (κ2) is 10.3. The Morgan fingerprint density at radius 1 is 1.06 bits per heavy atom. The predicted molar refractivity (Wildman–Crippen MR) is 122 cm³/mol. The molecule has 0 saturated carbocycles. The number of amides is 1. The highest BCUT2D eigenvalue weighted by atomic mass is 16.5. The lowest BCUT2D eigenvalue weighted by Gasteiger charge is -2.19. The normalized spacial score (nSPS) is 11.7. The van der Waals surface area contributed by atoms with E-state index in [0.717, 1.165) is 22.4 Å². The maximum absolute atomic E-state index is 13.3. The molecule has 0 bridgehead atoms. The Hall–Kier alpha value is -4.04. The zero-order valence-corrected chi connectivity index (χ0v) is 17.7. The third-order valence-corrected chi connectivity index (χ3v) is 4.99. The summed E-state index contributed by atoms with van der Waals surface area (Å²) in [7, 11) is 1.52. The molecule has 3 aromatic heterocycles. The second-order valence-electron chi connectivity index (χ2n) is 7.20. The summed E-state index contributed by atoms with van der Waals surface area (Å²) in [5.41, 5.74) is 4.09. The Balaban J connectivity index is 1.55. The van der Waals surface area contributed by atoms with Crippen LogP contribution >= 0.6 is 0 Å². The molecule has 0 aliphatic carbocycles. The van der Waals surface area contributed by atoms with Gasteiger partial charge in [-0.05, 0) is 30.2 Å². The van der Waals surface area contributed by atoms with Crippen LogP contribution in [0.15, 0.2) is 79.4 Å². The number of ether oxygens (including phenoxy) is 1. The van der Waals surface area contributed by atoms with Gasteiger partial charge in [-0.3, -0.25) is 20.2 Å². The molecule has 1 aromatic carbocycles. The average Bonchev–Trinajstić information content (AvgIpc) is 3.38. The summed E-state index contributed by atoms with van der Waals surface area (Å²) < 4.78 is 5.37. The lowest BCUT2D eigenvalue weighted by atomic mass is 10.0. The van der Waals surface area contributed by atoms with E-state index in [1.165, 1.54) is 7.11 Å². The molecule has 3 N–H and O–H groups in total. The van der Waals surface area contributed by atoms with E-state index in [1.807, 2.05) is 54.6 Å². The van der Waals surface area contributed by atoms with Crippen LogP contribution in [0.25, 0.3) is 11.1 Å². The fourth-order valence-electron chi connectivity index (χ4n) is 3.33. The van der Waals surface area contributed by atoms with Gasteiger partial charge in [0.25, 0.3) is 0 Å². The second-order valence-corrected chi connectivity index (χ2v) is 7.20. The lowest BCUT2D eigenvalue weighted by Crippen LogP contribution is -2.42. The van der Waals surface area contributed by atoms with Crippen molar-refractivity contribution in [2.45, 2.75) is 19.0 Å². The minimum atomic E-state index is -0.485. The van der Waals surface area contributed by atoms with E-state index in [4.69, 9.17) is 4.74 Å². The van der Waals surface area contributed by atoms with Crippen LogP contribution < -0.4 is 15.4 Å². The first-order valence-corrected chi connectivity index (χ1v) is 10.2. The van der Waals surface area contributed by atoms with Gasteiger partial charge in [0, 0.05) is 36.3 Å². The van der Waals surface area contributed by atoms with Crippen molar-refractivity contribution in [3.8, 4) is 17.0 Å². The molecule has 0 spiro atoms. The summed E-state index contributed by atoms with van der Waals surface area (Å²) >= 11 is 0. The zero-order chi connectivity index (χ0) is 22.2. The minimum Gasteiger partial charge on any atom is -0.480 e. The fourth-order valence-corrected chi connectivity index (χ4v) is 3.33. The van der Waals surface area contributed by atoms with Gasteiger partial charge >= 0.3 is 0 Å². The molecule has 162 valence electrons. The predicted octanol–water partition coefficient (Wildman–Crippen LogP) is 3.21. The molecule has 32 heavy (non-hydrogen) atoms. The third-order valence-electron chi connectivity index (χ3n) is 4.99. The van der Waals surface area contributed by atoms with Gasteiger partial charge in [0.1, 0.15) is 5.69 Å². The zero-order valence-electron chi connectivity index (χ0n) is 17.7. The molecule has 0 fully saturated rings. The first-order valence-electron chi connectivity index (χ1n) is 10.2. The van der Waals surface area contributed by atoms with Crippen LogP contribution in [0.4, 0.5) is 5.69 Å². The van der Waals surface area contributed by atoms with E-state index in [0.29, 0.717) is 24.5 Å². The van der Waals surface area contributed by atoms with E-state index in [1.54, 1.807) is 24.8 Å². The smallest absolute Gasteiger partial charge is 0.242 e. The summed E-state index contributed by atoms with van der Waals surface area (Å²) in [6, 6.07) is 16.9. The Labute approximate surface area is 186 Å². The van der Waals surface area contributed by atoms with E-state index in [-0.39, 0.29) is 5.91 Å². The van der Waals surface area contributed by atoms with Crippen LogP contribution in [-0.4, -0.2) is 39.2 Å². The average molecular weight is 428 g/mol. The minimum absolute atomic E-state index is 0.186. The topological polar surface area (TPSA) is 105 Å². The third kappa shape index (κ3) is 5.35. The van der Waals surface area contributed by atoms with Gasteiger partial charge < -0.3 is 10.1 Å². The van der Waals surface area contributed by atoms with Gasteiger partial charge in [0.2, 0.25) is 11.8 Å². The molecule has 0 aliphatic rings. The Bertz CT molecular complexity index is 1130. The Kier molecular flexibility index (Phi) is 6.84. The number of hydrogen-bond acceptors (Lipinski definition) is 6. The standard InChI is InChI=1S/C24H24N6O2/c1-32-24-22(12-18(13-27-24)19-14-28-29-15-19)30-23(31)21(11-17-7-3-2-4-8-17)26-16-20-9-5-6-10-25-20/h2-10,12-15,21,26H,11,16H2,1H3,(H,28,29)(H,30,31). The van der Waals surface area contributed by atoms with E-state index < -0.39 is 6.04 Å². The number of H-pyrrole nitrogens is 1. The van der Waals surface area contributed by atoms with Crippen molar-refractivity contribution in [1.29, 1.82) is 0 Å². The molecular formula is C24H24N6O2. The molecule has 1 atom stereocenters. The van der Waals surface area contributed by atoms with Crippen molar-refractivity contribution in [1.82, 2.24) is 25.5 Å². The number of methoxy groups -OCH3 is 1. The Morgan fingerprint density at radius 3 is 2.62 bits per heavy atom. The number of nitrogens with one attached hydrogen (secondary N) is 3. The maximum Gasteiger partial charge on any atom is 0.242 e. The number of rotatable bonds is 9. The monoisotopic (exact) mass is 428 g/mol. The van der Waals surface area contributed by atoms with Gasteiger partial charge in [-0.25, -0.2) is 4.98 Å². The summed E-state index contributed by atoms with van der Waals surface area (Å²) in [5, 5.41) is 13.1. The SMILES string of the molecule is COc1ncc(-c2cn[nH]c2)cc1NC(=O)C(Cc1ccccc1)NCc1ccccn1. The van der Waals surface area contributed by atoms with Gasteiger partial charge in [-0.1, -0.05) is 36.4 Å². The summed E-state index contributed by atoms with van der Waals surface area (Å²) in [5.74, 6) is 0.156. The van der Waals surface area contributed by atoms with E-state index in [2.05, 4.69) is 30.8 Å². The number of hydrogen-bond donors (Lipinski definition) is 3. The molecule has 3 heterocycles. The van der Waals surface area contributed by atoms with Crippen LogP contribution in [0.2, 0.25) is 0 Å². The van der Waals surface area contributed by atoms with Gasteiger partial charge in [-0.15, -0.1) is 0 Å². The van der Waals surface area contributed by atoms with Crippen LogP contribution in [0.3, 0.4) is 0 Å². The quantitative estimate of drug-likeness (QED) is 0.378. The molecule has 0 saturated heterocycles. The van der Waals surface area contributed by atoms with Crippen LogP contribution in [0.5, 0.6) is 5.88 Å².